The highest BCUT2D eigenvalue weighted by Gasteiger charge is 2.31. The number of hydrogen-bond donors (Lipinski definition) is 0. The van der Waals surface area contributed by atoms with Crippen LogP contribution in [0.2, 0.25) is 0 Å². The maximum absolute atomic E-state index is 2.50. The Labute approximate surface area is 97.8 Å². The van der Waals surface area contributed by atoms with Gasteiger partial charge in [-0.05, 0) is 30.1 Å². The summed E-state index contributed by atoms with van der Waals surface area (Å²) >= 11 is 0. The third kappa shape index (κ3) is 5.04. The molecule has 0 heteroatoms. The molecule has 0 aliphatic carbocycles. The van der Waals surface area contributed by atoms with Gasteiger partial charge in [0.25, 0.3) is 0 Å². The molecule has 0 aliphatic rings. The zero-order valence-corrected chi connectivity index (χ0v) is 11.9. The average molecular weight is 212 g/mol. The van der Waals surface area contributed by atoms with E-state index in [9.17, 15) is 0 Å². The molecule has 0 bridgehead atoms. The van der Waals surface area contributed by atoms with Crippen LogP contribution in [0.1, 0.15) is 86.5 Å². The van der Waals surface area contributed by atoms with E-state index in [1.165, 1.54) is 44.9 Å². The molecule has 0 N–H and O–H groups in total. The lowest BCUT2D eigenvalue weighted by molar-refractivity contribution is 0.126. The largest absolute Gasteiger partial charge is 0.0654 e. The smallest absolute Gasteiger partial charge is 0.0321 e. The van der Waals surface area contributed by atoms with Crippen molar-refractivity contribution >= 4 is 0 Å². The van der Waals surface area contributed by atoms with E-state index in [4.69, 9.17) is 0 Å². The van der Waals surface area contributed by atoms with Gasteiger partial charge in [0, 0.05) is 0 Å². The van der Waals surface area contributed by atoms with Crippen LogP contribution >= 0.6 is 0 Å². The summed E-state index contributed by atoms with van der Waals surface area (Å²) in [6, 6.07) is 0. The fourth-order valence-electron chi connectivity index (χ4n) is 3.04. The molecule has 0 aliphatic heterocycles. The summed E-state index contributed by atoms with van der Waals surface area (Å²) in [6.07, 6.45) is 9.53. The second-order valence-corrected chi connectivity index (χ2v) is 6.01. The van der Waals surface area contributed by atoms with Crippen molar-refractivity contribution in [1.82, 2.24) is 0 Å². The van der Waals surface area contributed by atoms with Crippen LogP contribution in [0.4, 0.5) is 0 Å². The van der Waals surface area contributed by atoms with Gasteiger partial charge < -0.3 is 0 Å². The monoisotopic (exact) mass is 212 g/mol. The minimum atomic E-state index is 0.569. The van der Waals surface area contributed by atoms with E-state index in [-0.39, 0.29) is 0 Å². The van der Waals surface area contributed by atoms with Gasteiger partial charge in [0.2, 0.25) is 0 Å². The second kappa shape index (κ2) is 6.55. The highest BCUT2D eigenvalue weighted by atomic mass is 14.4. The fourth-order valence-corrected chi connectivity index (χ4v) is 3.04. The van der Waals surface area contributed by atoms with E-state index in [0.717, 1.165) is 0 Å². The lowest BCUT2D eigenvalue weighted by atomic mass is 9.67. The maximum atomic E-state index is 2.50. The van der Waals surface area contributed by atoms with Crippen LogP contribution in [0.3, 0.4) is 0 Å². The first-order valence-corrected chi connectivity index (χ1v) is 6.95. The first-order valence-electron chi connectivity index (χ1n) is 6.95. The molecule has 0 unspecified atom stereocenters. The summed E-state index contributed by atoms with van der Waals surface area (Å²) in [5, 5.41) is 0. The van der Waals surface area contributed by atoms with E-state index in [1.807, 2.05) is 0 Å². The quantitative estimate of drug-likeness (QED) is 0.476. The molecule has 15 heavy (non-hydrogen) atoms. The van der Waals surface area contributed by atoms with Crippen LogP contribution in [-0.2, 0) is 0 Å². The second-order valence-electron chi connectivity index (χ2n) is 6.01. The number of rotatable bonds is 8. The zero-order valence-electron chi connectivity index (χ0n) is 11.9. The molecule has 0 atom stereocenters. The van der Waals surface area contributed by atoms with E-state index in [1.54, 1.807) is 0 Å². The molecule has 0 nitrogen and oxygen atoms in total. The van der Waals surface area contributed by atoms with E-state index < -0.39 is 0 Å². The molecule has 0 radical (unpaired) electrons. The van der Waals surface area contributed by atoms with Gasteiger partial charge in [-0.1, -0.05) is 67.2 Å². The summed E-state index contributed by atoms with van der Waals surface area (Å²) in [5.41, 5.74) is 1.16. The molecule has 0 rings (SSSR count). The lowest BCUT2D eigenvalue weighted by Crippen LogP contribution is -2.27. The Balaban J connectivity index is 4.50. The van der Waals surface area contributed by atoms with Gasteiger partial charge in [-0.3, -0.25) is 0 Å². The Morgan fingerprint density at radius 3 is 1.33 bits per heavy atom. The maximum Gasteiger partial charge on any atom is -0.0321 e. The first-order chi connectivity index (χ1) is 6.95. The zero-order chi connectivity index (χ0) is 11.9. The topological polar surface area (TPSA) is 0 Å². The summed E-state index contributed by atoms with van der Waals surface area (Å²) in [7, 11) is 0. The van der Waals surface area contributed by atoms with Crippen LogP contribution in [0.15, 0.2) is 0 Å². The summed E-state index contributed by atoms with van der Waals surface area (Å²) in [5.74, 6) is 0. The molecular formula is C15H32. The third-order valence-corrected chi connectivity index (χ3v) is 4.27. The Bertz CT molecular complexity index is 147. The van der Waals surface area contributed by atoms with Crippen LogP contribution in [0, 0.1) is 10.8 Å². The SMILES string of the molecule is CCCC(C)(CCC)CC(C)(CC)CC. The predicted molar refractivity (Wildman–Crippen MR) is 71.2 cm³/mol. The Morgan fingerprint density at radius 1 is 0.667 bits per heavy atom. The first kappa shape index (κ1) is 15.0. The van der Waals surface area contributed by atoms with Gasteiger partial charge in [-0.2, -0.15) is 0 Å². The third-order valence-electron chi connectivity index (χ3n) is 4.27. The van der Waals surface area contributed by atoms with Crippen molar-refractivity contribution in [2.75, 3.05) is 0 Å². The normalized spacial score (nSPS) is 13.2. The van der Waals surface area contributed by atoms with Crippen LogP contribution in [0.25, 0.3) is 0 Å². The van der Waals surface area contributed by atoms with Crippen molar-refractivity contribution in [3.8, 4) is 0 Å². The van der Waals surface area contributed by atoms with E-state index >= 15 is 0 Å². The predicted octanol–water partition coefficient (Wildman–Crippen LogP) is 5.81. The van der Waals surface area contributed by atoms with Crippen molar-refractivity contribution in [3.63, 3.8) is 0 Å². The molecule has 0 heterocycles. The van der Waals surface area contributed by atoms with Crippen molar-refractivity contribution < 1.29 is 0 Å². The number of hydrogen-bond acceptors (Lipinski definition) is 0. The highest BCUT2D eigenvalue weighted by Crippen LogP contribution is 2.44. The minimum Gasteiger partial charge on any atom is -0.0654 e. The van der Waals surface area contributed by atoms with Gasteiger partial charge in [0.05, 0.1) is 0 Å². The van der Waals surface area contributed by atoms with E-state index in [2.05, 4.69) is 41.5 Å². The molecule has 0 fully saturated rings. The Hall–Kier alpha value is 0. The molecule has 0 aromatic heterocycles. The van der Waals surface area contributed by atoms with Crippen molar-refractivity contribution in [1.29, 1.82) is 0 Å². The standard InChI is InChI=1S/C15H32/c1-7-11-15(6,12-8-2)13-14(5,9-3)10-4/h7-13H2,1-6H3. The Morgan fingerprint density at radius 2 is 1.07 bits per heavy atom. The van der Waals surface area contributed by atoms with Gasteiger partial charge in [0.15, 0.2) is 0 Å². The van der Waals surface area contributed by atoms with Crippen molar-refractivity contribution in [2.24, 2.45) is 10.8 Å². The van der Waals surface area contributed by atoms with Crippen molar-refractivity contribution in [2.45, 2.75) is 86.5 Å². The summed E-state index contributed by atoms with van der Waals surface area (Å²) in [4.78, 5) is 0. The highest BCUT2D eigenvalue weighted by molar-refractivity contribution is 4.83. The fraction of sp³-hybridized carbons (Fsp3) is 1.00. The van der Waals surface area contributed by atoms with Crippen LogP contribution < -0.4 is 0 Å². The van der Waals surface area contributed by atoms with Gasteiger partial charge >= 0.3 is 0 Å². The lowest BCUT2D eigenvalue weighted by Gasteiger charge is -2.39. The molecule has 0 aromatic carbocycles. The molecule has 0 aromatic rings. The molecule has 92 valence electrons. The minimum absolute atomic E-state index is 0.569. The summed E-state index contributed by atoms with van der Waals surface area (Å²) in [6.45, 7) is 14.3. The molecule has 0 saturated heterocycles. The van der Waals surface area contributed by atoms with Crippen LogP contribution in [0.5, 0.6) is 0 Å². The summed E-state index contributed by atoms with van der Waals surface area (Å²) < 4.78 is 0. The van der Waals surface area contributed by atoms with E-state index in [0.29, 0.717) is 10.8 Å². The van der Waals surface area contributed by atoms with Crippen molar-refractivity contribution in [3.05, 3.63) is 0 Å². The molecule has 0 spiro atoms. The van der Waals surface area contributed by atoms with Gasteiger partial charge in [-0.15, -0.1) is 0 Å². The molecular weight excluding hydrogens is 180 g/mol. The van der Waals surface area contributed by atoms with Gasteiger partial charge in [-0.25, -0.2) is 0 Å². The van der Waals surface area contributed by atoms with Crippen LogP contribution in [-0.4, -0.2) is 0 Å². The van der Waals surface area contributed by atoms with Gasteiger partial charge in [0.1, 0.15) is 0 Å². The molecule has 0 saturated carbocycles. The Kier molecular flexibility index (Phi) is 6.55. The average Bonchev–Trinajstić information content (AvgIpc) is 2.18. The molecule has 0 amide bonds.